The molecule has 0 aromatic rings. The van der Waals surface area contributed by atoms with Crippen molar-refractivity contribution in [3.8, 4) is 0 Å². The largest absolute Gasteiger partial charge is 0.368 e. The molecule has 0 saturated carbocycles. The highest BCUT2D eigenvalue weighted by Crippen LogP contribution is 2.22. The summed E-state index contributed by atoms with van der Waals surface area (Å²) >= 11 is 0. The number of rotatable bonds is 3. The van der Waals surface area contributed by atoms with E-state index < -0.39 is 11.9 Å². The first-order chi connectivity index (χ1) is 6.07. The number of primary amides is 1. The van der Waals surface area contributed by atoms with Crippen LogP contribution in [0, 0.1) is 0 Å². The van der Waals surface area contributed by atoms with E-state index in [-0.39, 0.29) is 11.9 Å². The van der Waals surface area contributed by atoms with Gasteiger partial charge in [-0.2, -0.15) is 0 Å². The summed E-state index contributed by atoms with van der Waals surface area (Å²) in [5.41, 5.74) is 5.22. The van der Waals surface area contributed by atoms with Crippen molar-refractivity contribution in [2.75, 3.05) is 0 Å². The second kappa shape index (κ2) is 3.77. The number of hydrogen-bond acceptors (Lipinski definition) is 2. The average molecular weight is 184 g/mol. The first-order valence-corrected chi connectivity index (χ1v) is 4.68. The lowest BCUT2D eigenvalue weighted by Gasteiger charge is -2.28. The summed E-state index contributed by atoms with van der Waals surface area (Å²) in [6.45, 7) is 3.82. The van der Waals surface area contributed by atoms with Gasteiger partial charge in [-0.05, 0) is 19.8 Å². The lowest BCUT2D eigenvalue weighted by Crippen LogP contribution is -2.47. The van der Waals surface area contributed by atoms with E-state index >= 15 is 0 Å². The fraction of sp³-hybridized carbons (Fsp3) is 0.778. The van der Waals surface area contributed by atoms with Crippen LogP contribution in [-0.2, 0) is 9.59 Å². The van der Waals surface area contributed by atoms with Gasteiger partial charge < -0.3 is 10.6 Å². The van der Waals surface area contributed by atoms with E-state index in [4.69, 9.17) is 5.73 Å². The van der Waals surface area contributed by atoms with E-state index in [2.05, 4.69) is 0 Å². The zero-order chi connectivity index (χ0) is 10.0. The van der Waals surface area contributed by atoms with Gasteiger partial charge in [0.2, 0.25) is 11.8 Å². The number of likely N-dealkylation sites (tertiary alicyclic amines) is 1. The number of amides is 2. The molecule has 1 heterocycles. The minimum atomic E-state index is -0.412. The van der Waals surface area contributed by atoms with Crippen molar-refractivity contribution in [2.24, 2.45) is 5.73 Å². The molecule has 1 aliphatic heterocycles. The maximum absolute atomic E-state index is 11.4. The summed E-state index contributed by atoms with van der Waals surface area (Å²) < 4.78 is 0. The van der Waals surface area contributed by atoms with Crippen molar-refractivity contribution in [2.45, 2.75) is 45.2 Å². The first-order valence-electron chi connectivity index (χ1n) is 4.68. The Morgan fingerprint density at radius 1 is 1.77 bits per heavy atom. The molecule has 1 aliphatic rings. The molecule has 1 rings (SSSR count). The highest BCUT2D eigenvalue weighted by molar-refractivity contribution is 5.87. The van der Waals surface area contributed by atoms with E-state index in [9.17, 15) is 9.59 Å². The predicted molar refractivity (Wildman–Crippen MR) is 48.8 cm³/mol. The molecule has 13 heavy (non-hydrogen) atoms. The van der Waals surface area contributed by atoms with Gasteiger partial charge in [-0.15, -0.1) is 0 Å². The third-order valence-electron chi connectivity index (χ3n) is 2.59. The SMILES string of the molecule is CC[C@@H](C(N)=O)N1C(=O)CCC1C. The minimum absolute atomic E-state index is 0.0538. The van der Waals surface area contributed by atoms with E-state index in [1.54, 1.807) is 4.90 Å². The molecule has 2 N–H and O–H groups in total. The standard InChI is InChI=1S/C9H16N2O2/c1-3-7(9(10)13)11-6(2)4-5-8(11)12/h6-7H,3-5H2,1-2H3,(H2,10,13)/t6?,7-/m0/s1. The molecular weight excluding hydrogens is 168 g/mol. The Morgan fingerprint density at radius 3 is 2.69 bits per heavy atom. The van der Waals surface area contributed by atoms with Gasteiger partial charge in [0.05, 0.1) is 0 Å². The van der Waals surface area contributed by atoms with Crippen molar-refractivity contribution in [1.29, 1.82) is 0 Å². The van der Waals surface area contributed by atoms with Gasteiger partial charge in [-0.1, -0.05) is 6.92 Å². The average Bonchev–Trinajstić information content (AvgIpc) is 2.36. The van der Waals surface area contributed by atoms with Crippen LogP contribution in [0.25, 0.3) is 0 Å². The van der Waals surface area contributed by atoms with E-state index in [1.807, 2.05) is 13.8 Å². The van der Waals surface area contributed by atoms with Crippen LogP contribution in [0.3, 0.4) is 0 Å². The topological polar surface area (TPSA) is 63.4 Å². The molecule has 0 radical (unpaired) electrons. The highest BCUT2D eigenvalue weighted by atomic mass is 16.2. The predicted octanol–water partition coefficient (Wildman–Crippen LogP) is 0.261. The molecule has 0 spiro atoms. The van der Waals surface area contributed by atoms with Crippen LogP contribution < -0.4 is 5.73 Å². The highest BCUT2D eigenvalue weighted by Gasteiger charge is 2.35. The molecule has 0 aromatic carbocycles. The van der Waals surface area contributed by atoms with E-state index in [1.165, 1.54) is 0 Å². The molecule has 74 valence electrons. The Bertz CT molecular complexity index is 228. The van der Waals surface area contributed by atoms with Crippen LogP contribution in [0.5, 0.6) is 0 Å². The second-order valence-electron chi connectivity index (χ2n) is 3.52. The smallest absolute Gasteiger partial charge is 0.240 e. The third kappa shape index (κ3) is 1.82. The van der Waals surface area contributed by atoms with Crippen molar-refractivity contribution >= 4 is 11.8 Å². The minimum Gasteiger partial charge on any atom is -0.368 e. The van der Waals surface area contributed by atoms with Crippen LogP contribution in [0.15, 0.2) is 0 Å². The molecule has 0 aromatic heterocycles. The third-order valence-corrected chi connectivity index (χ3v) is 2.59. The van der Waals surface area contributed by atoms with E-state index in [0.29, 0.717) is 12.8 Å². The summed E-state index contributed by atoms with van der Waals surface area (Å²) in [7, 11) is 0. The molecular formula is C9H16N2O2. The number of nitrogens with zero attached hydrogens (tertiary/aromatic N) is 1. The lowest BCUT2D eigenvalue weighted by atomic mass is 10.1. The monoisotopic (exact) mass is 184 g/mol. The van der Waals surface area contributed by atoms with Gasteiger partial charge >= 0.3 is 0 Å². The Morgan fingerprint density at radius 2 is 2.38 bits per heavy atom. The Hall–Kier alpha value is -1.06. The molecule has 1 saturated heterocycles. The first kappa shape index (κ1) is 10.0. The number of carbonyl (C=O) groups is 2. The fourth-order valence-corrected chi connectivity index (χ4v) is 1.86. The van der Waals surface area contributed by atoms with Gasteiger partial charge in [0, 0.05) is 12.5 Å². The van der Waals surface area contributed by atoms with Crippen LogP contribution in [0.1, 0.15) is 33.1 Å². The van der Waals surface area contributed by atoms with Gasteiger partial charge in [-0.3, -0.25) is 9.59 Å². The summed E-state index contributed by atoms with van der Waals surface area (Å²) in [5, 5.41) is 0. The normalized spacial score (nSPS) is 24.9. The maximum Gasteiger partial charge on any atom is 0.240 e. The van der Waals surface area contributed by atoms with Gasteiger partial charge in [0.25, 0.3) is 0 Å². The van der Waals surface area contributed by atoms with Gasteiger partial charge in [0.15, 0.2) is 0 Å². The molecule has 1 unspecified atom stereocenters. The van der Waals surface area contributed by atoms with Crippen LogP contribution in [0.4, 0.5) is 0 Å². The molecule has 2 atom stereocenters. The summed E-state index contributed by atoms with van der Waals surface area (Å²) in [6, 6.07) is -0.255. The molecule has 4 heteroatoms. The molecule has 0 bridgehead atoms. The lowest BCUT2D eigenvalue weighted by molar-refractivity contribution is -0.137. The number of nitrogens with two attached hydrogens (primary N) is 1. The zero-order valence-electron chi connectivity index (χ0n) is 8.12. The van der Waals surface area contributed by atoms with Gasteiger partial charge in [0.1, 0.15) is 6.04 Å². The van der Waals surface area contributed by atoms with Gasteiger partial charge in [-0.25, -0.2) is 0 Å². The second-order valence-corrected chi connectivity index (χ2v) is 3.52. The molecule has 4 nitrogen and oxygen atoms in total. The quantitative estimate of drug-likeness (QED) is 0.684. The van der Waals surface area contributed by atoms with Crippen LogP contribution in [0.2, 0.25) is 0 Å². The zero-order valence-corrected chi connectivity index (χ0v) is 8.12. The van der Waals surface area contributed by atoms with Crippen molar-refractivity contribution < 1.29 is 9.59 Å². The Labute approximate surface area is 78.1 Å². The maximum atomic E-state index is 11.4. The van der Waals surface area contributed by atoms with Crippen LogP contribution >= 0.6 is 0 Å². The summed E-state index contributed by atoms with van der Waals surface area (Å²) in [5.74, 6) is -0.345. The molecule has 2 amide bonds. The molecule has 0 aliphatic carbocycles. The van der Waals surface area contributed by atoms with Crippen molar-refractivity contribution in [3.63, 3.8) is 0 Å². The fourth-order valence-electron chi connectivity index (χ4n) is 1.86. The van der Waals surface area contributed by atoms with Crippen molar-refractivity contribution in [1.82, 2.24) is 4.90 Å². The number of hydrogen-bond donors (Lipinski definition) is 1. The summed E-state index contributed by atoms with van der Waals surface area (Å²) in [4.78, 5) is 24.1. The Kier molecular flexibility index (Phi) is 2.90. The van der Waals surface area contributed by atoms with E-state index in [0.717, 1.165) is 6.42 Å². The number of carbonyl (C=O) groups excluding carboxylic acids is 2. The Balaban J connectivity index is 2.77. The van der Waals surface area contributed by atoms with Crippen molar-refractivity contribution in [3.05, 3.63) is 0 Å². The molecule has 1 fully saturated rings. The van der Waals surface area contributed by atoms with Crippen LogP contribution in [-0.4, -0.2) is 28.8 Å². The summed E-state index contributed by atoms with van der Waals surface area (Å²) in [6.07, 6.45) is 1.99.